The number of pyridine rings is 1. The molecule has 2 N–H and O–H groups in total. The van der Waals surface area contributed by atoms with Crippen molar-refractivity contribution in [2.75, 3.05) is 12.4 Å². The summed E-state index contributed by atoms with van der Waals surface area (Å²) >= 11 is 5.91. The van der Waals surface area contributed by atoms with Gasteiger partial charge in [-0.15, -0.1) is 0 Å². The molecule has 0 aliphatic heterocycles. The molecule has 0 saturated carbocycles. The van der Waals surface area contributed by atoms with Gasteiger partial charge in [-0.3, -0.25) is 9.78 Å². The SMILES string of the molecule is CNC(C(=O)Nc1ccc(-c2ccncc2)cc1)c1ccc(Cl)cc1. The van der Waals surface area contributed by atoms with Crippen molar-refractivity contribution in [1.82, 2.24) is 10.3 Å². The molecule has 1 atom stereocenters. The average Bonchev–Trinajstić information content (AvgIpc) is 2.65. The first-order valence-corrected chi connectivity index (χ1v) is 8.29. The van der Waals surface area contributed by atoms with Crippen molar-refractivity contribution in [3.63, 3.8) is 0 Å². The molecular weight excluding hydrogens is 334 g/mol. The van der Waals surface area contributed by atoms with Crippen LogP contribution in [0, 0.1) is 0 Å². The summed E-state index contributed by atoms with van der Waals surface area (Å²) < 4.78 is 0. The highest BCUT2D eigenvalue weighted by molar-refractivity contribution is 6.30. The molecule has 3 aromatic rings. The van der Waals surface area contributed by atoms with E-state index < -0.39 is 6.04 Å². The predicted molar refractivity (Wildman–Crippen MR) is 102 cm³/mol. The molecule has 5 heteroatoms. The van der Waals surface area contributed by atoms with Crippen molar-refractivity contribution in [2.24, 2.45) is 0 Å². The normalized spacial score (nSPS) is 11.8. The molecule has 0 aliphatic rings. The molecule has 2 aromatic carbocycles. The Labute approximate surface area is 151 Å². The maximum absolute atomic E-state index is 12.6. The molecule has 3 rings (SSSR count). The third-order valence-electron chi connectivity index (χ3n) is 3.92. The lowest BCUT2D eigenvalue weighted by molar-refractivity contribution is -0.118. The third kappa shape index (κ3) is 4.24. The van der Waals surface area contributed by atoms with E-state index in [0.717, 1.165) is 22.4 Å². The molecule has 0 aliphatic carbocycles. The van der Waals surface area contributed by atoms with Crippen LogP contribution in [-0.4, -0.2) is 17.9 Å². The van der Waals surface area contributed by atoms with Gasteiger partial charge in [0.1, 0.15) is 6.04 Å². The van der Waals surface area contributed by atoms with Crippen LogP contribution in [0.1, 0.15) is 11.6 Å². The summed E-state index contributed by atoms with van der Waals surface area (Å²) in [4.78, 5) is 16.6. The van der Waals surface area contributed by atoms with Crippen LogP contribution in [0.2, 0.25) is 5.02 Å². The Morgan fingerprint density at radius 1 is 0.920 bits per heavy atom. The maximum Gasteiger partial charge on any atom is 0.246 e. The summed E-state index contributed by atoms with van der Waals surface area (Å²) in [6.45, 7) is 0. The molecule has 0 fully saturated rings. The maximum atomic E-state index is 12.6. The summed E-state index contributed by atoms with van der Waals surface area (Å²) in [7, 11) is 1.76. The van der Waals surface area contributed by atoms with Crippen molar-refractivity contribution >= 4 is 23.2 Å². The predicted octanol–water partition coefficient (Wildman–Crippen LogP) is 4.30. The van der Waals surface area contributed by atoms with E-state index in [1.165, 1.54) is 0 Å². The van der Waals surface area contributed by atoms with E-state index in [-0.39, 0.29) is 5.91 Å². The largest absolute Gasteiger partial charge is 0.324 e. The van der Waals surface area contributed by atoms with E-state index in [2.05, 4.69) is 15.6 Å². The number of nitrogens with one attached hydrogen (secondary N) is 2. The average molecular weight is 352 g/mol. The van der Waals surface area contributed by atoms with Crippen LogP contribution >= 0.6 is 11.6 Å². The van der Waals surface area contributed by atoms with Crippen molar-refractivity contribution in [1.29, 1.82) is 0 Å². The van der Waals surface area contributed by atoms with Crippen molar-refractivity contribution in [3.8, 4) is 11.1 Å². The van der Waals surface area contributed by atoms with E-state index in [1.54, 1.807) is 31.6 Å². The summed E-state index contributed by atoms with van der Waals surface area (Å²) in [5.41, 5.74) is 3.76. The monoisotopic (exact) mass is 351 g/mol. The zero-order valence-corrected chi connectivity index (χ0v) is 14.5. The highest BCUT2D eigenvalue weighted by Crippen LogP contribution is 2.22. The second kappa shape index (κ2) is 7.92. The molecule has 0 bridgehead atoms. The van der Waals surface area contributed by atoms with Gasteiger partial charge in [0.25, 0.3) is 0 Å². The summed E-state index contributed by atoms with van der Waals surface area (Å²) in [6.07, 6.45) is 3.52. The molecule has 1 heterocycles. The molecule has 1 amide bonds. The van der Waals surface area contributed by atoms with E-state index >= 15 is 0 Å². The molecule has 0 saturated heterocycles. The number of hydrogen-bond acceptors (Lipinski definition) is 3. The number of benzene rings is 2. The fourth-order valence-electron chi connectivity index (χ4n) is 2.61. The number of carbonyl (C=O) groups is 1. The van der Waals surface area contributed by atoms with Crippen molar-refractivity contribution in [3.05, 3.63) is 83.6 Å². The zero-order chi connectivity index (χ0) is 17.6. The molecule has 0 radical (unpaired) electrons. The Balaban J connectivity index is 1.72. The second-order valence-electron chi connectivity index (χ2n) is 5.58. The van der Waals surface area contributed by atoms with E-state index in [4.69, 9.17) is 11.6 Å². The van der Waals surface area contributed by atoms with Gasteiger partial charge in [-0.1, -0.05) is 35.9 Å². The summed E-state index contributed by atoms with van der Waals surface area (Å²) in [5, 5.41) is 6.62. The third-order valence-corrected chi connectivity index (χ3v) is 4.17. The quantitative estimate of drug-likeness (QED) is 0.720. The number of carbonyl (C=O) groups excluding carboxylic acids is 1. The Morgan fingerprint density at radius 3 is 2.12 bits per heavy atom. The first-order valence-electron chi connectivity index (χ1n) is 7.91. The molecule has 0 spiro atoms. The van der Waals surface area contributed by atoms with Gasteiger partial charge in [-0.25, -0.2) is 0 Å². The lowest BCUT2D eigenvalue weighted by Crippen LogP contribution is -2.30. The molecular formula is C20H18ClN3O. The minimum Gasteiger partial charge on any atom is -0.324 e. The second-order valence-corrected chi connectivity index (χ2v) is 6.01. The highest BCUT2D eigenvalue weighted by atomic mass is 35.5. The molecule has 4 nitrogen and oxygen atoms in total. The van der Waals surface area contributed by atoms with Crippen LogP contribution in [0.3, 0.4) is 0 Å². The molecule has 126 valence electrons. The Hall–Kier alpha value is -2.69. The lowest BCUT2D eigenvalue weighted by atomic mass is 10.1. The van der Waals surface area contributed by atoms with Gasteiger partial charge >= 0.3 is 0 Å². The van der Waals surface area contributed by atoms with Gasteiger partial charge in [-0.2, -0.15) is 0 Å². The number of nitrogens with zero attached hydrogens (tertiary/aromatic N) is 1. The number of anilines is 1. The molecule has 1 unspecified atom stereocenters. The van der Waals surface area contributed by atoms with E-state index in [0.29, 0.717) is 5.02 Å². The summed E-state index contributed by atoms with van der Waals surface area (Å²) in [6, 6.07) is 18.4. The number of rotatable bonds is 5. The number of aromatic nitrogens is 1. The Bertz CT molecular complexity index is 833. The summed E-state index contributed by atoms with van der Waals surface area (Å²) in [5.74, 6) is -0.124. The van der Waals surface area contributed by atoms with Crippen molar-refractivity contribution < 1.29 is 4.79 Å². The van der Waals surface area contributed by atoms with Gasteiger partial charge < -0.3 is 10.6 Å². The minimum absolute atomic E-state index is 0.124. The topological polar surface area (TPSA) is 54.0 Å². The standard InChI is InChI=1S/C20H18ClN3O/c1-22-19(16-2-6-17(21)7-3-16)20(25)24-18-8-4-14(5-9-18)15-10-12-23-13-11-15/h2-13,19,22H,1H3,(H,24,25). The Morgan fingerprint density at radius 2 is 1.52 bits per heavy atom. The smallest absolute Gasteiger partial charge is 0.246 e. The molecule has 1 aromatic heterocycles. The lowest BCUT2D eigenvalue weighted by Gasteiger charge is -2.17. The fourth-order valence-corrected chi connectivity index (χ4v) is 2.74. The van der Waals surface area contributed by atoms with Gasteiger partial charge in [-0.05, 0) is 60.1 Å². The van der Waals surface area contributed by atoms with Crippen LogP contribution in [-0.2, 0) is 4.79 Å². The van der Waals surface area contributed by atoms with Crippen molar-refractivity contribution in [2.45, 2.75) is 6.04 Å². The van der Waals surface area contributed by atoms with Crippen LogP contribution in [0.5, 0.6) is 0 Å². The van der Waals surface area contributed by atoms with Gasteiger partial charge in [0.15, 0.2) is 0 Å². The Kier molecular flexibility index (Phi) is 5.43. The van der Waals surface area contributed by atoms with Gasteiger partial charge in [0, 0.05) is 23.1 Å². The van der Waals surface area contributed by atoms with Crippen LogP contribution in [0.15, 0.2) is 73.1 Å². The van der Waals surface area contributed by atoms with Crippen LogP contribution < -0.4 is 10.6 Å². The first kappa shape index (κ1) is 17.1. The highest BCUT2D eigenvalue weighted by Gasteiger charge is 2.18. The number of halogens is 1. The number of amides is 1. The van der Waals surface area contributed by atoms with E-state index in [1.807, 2.05) is 48.5 Å². The first-order chi connectivity index (χ1) is 12.2. The van der Waals surface area contributed by atoms with Crippen LogP contribution in [0.4, 0.5) is 5.69 Å². The number of hydrogen-bond donors (Lipinski definition) is 2. The van der Waals surface area contributed by atoms with Gasteiger partial charge in [0.05, 0.1) is 0 Å². The fraction of sp³-hybridized carbons (Fsp3) is 0.100. The van der Waals surface area contributed by atoms with Gasteiger partial charge in [0.2, 0.25) is 5.91 Å². The molecule has 25 heavy (non-hydrogen) atoms. The van der Waals surface area contributed by atoms with Crippen LogP contribution in [0.25, 0.3) is 11.1 Å². The number of likely N-dealkylation sites (N-methyl/N-ethyl adjacent to an activating group) is 1. The zero-order valence-electron chi connectivity index (χ0n) is 13.7. The minimum atomic E-state index is -0.447. The van der Waals surface area contributed by atoms with E-state index in [9.17, 15) is 4.79 Å².